The van der Waals surface area contributed by atoms with E-state index in [4.69, 9.17) is 0 Å². The van der Waals surface area contributed by atoms with Crippen molar-refractivity contribution in [3.63, 3.8) is 0 Å². The van der Waals surface area contributed by atoms with Gasteiger partial charge in [0.15, 0.2) is 0 Å². The van der Waals surface area contributed by atoms with Crippen molar-refractivity contribution < 1.29 is 4.39 Å². The minimum Gasteiger partial charge on any atom is -0.313 e. The number of nitrogens with one attached hydrogen (secondary N) is 1. The molecule has 0 saturated carbocycles. The first-order valence-electron chi connectivity index (χ1n) is 6.12. The summed E-state index contributed by atoms with van der Waals surface area (Å²) >= 11 is 0. The number of aryl methyl sites for hydroxylation is 1. The average Bonchev–Trinajstić information content (AvgIpc) is 2.29. The zero-order chi connectivity index (χ0) is 12.0. The van der Waals surface area contributed by atoms with Gasteiger partial charge in [0, 0.05) is 6.04 Å². The molecule has 1 rings (SSSR count). The standard InChI is InChI=1S/C14H22FN/c1-4-5-6-7-14(16-3)12-8-9-13(15)11(2)10-12/h8-10,14,16H,4-7H2,1-3H3. The molecule has 1 aromatic rings. The van der Waals surface area contributed by atoms with Crippen molar-refractivity contribution >= 4 is 0 Å². The Morgan fingerprint density at radius 3 is 2.62 bits per heavy atom. The van der Waals surface area contributed by atoms with E-state index in [2.05, 4.69) is 12.2 Å². The van der Waals surface area contributed by atoms with Crippen molar-refractivity contribution in [2.24, 2.45) is 0 Å². The maximum Gasteiger partial charge on any atom is 0.126 e. The first-order chi connectivity index (χ1) is 7.69. The molecule has 0 fully saturated rings. The smallest absolute Gasteiger partial charge is 0.126 e. The quantitative estimate of drug-likeness (QED) is 0.719. The number of hydrogen-bond donors (Lipinski definition) is 1. The van der Waals surface area contributed by atoms with E-state index >= 15 is 0 Å². The van der Waals surface area contributed by atoms with Crippen LogP contribution < -0.4 is 5.32 Å². The fourth-order valence-electron chi connectivity index (χ4n) is 1.96. The predicted molar refractivity (Wildman–Crippen MR) is 67.1 cm³/mol. The van der Waals surface area contributed by atoms with Crippen LogP contribution in [0.15, 0.2) is 18.2 Å². The molecule has 0 saturated heterocycles. The van der Waals surface area contributed by atoms with Gasteiger partial charge >= 0.3 is 0 Å². The summed E-state index contributed by atoms with van der Waals surface area (Å²) in [5.74, 6) is -0.118. The van der Waals surface area contributed by atoms with Gasteiger partial charge in [0.2, 0.25) is 0 Å². The molecule has 1 aromatic carbocycles. The number of benzene rings is 1. The topological polar surface area (TPSA) is 12.0 Å². The van der Waals surface area contributed by atoms with Gasteiger partial charge in [0.1, 0.15) is 5.82 Å². The maximum atomic E-state index is 13.2. The van der Waals surface area contributed by atoms with Crippen LogP contribution in [0, 0.1) is 12.7 Å². The normalized spacial score (nSPS) is 12.8. The number of halogens is 1. The van der Waals surface area contributed by atoms with Crippen molar-refractivity contribution in [1.29, 1.82) is 0 Å². The van der Waals surface area contributed by atoms with Gasteiger partial charge in [-0.25, -0.2) is 4.39 Å². The molecule has 0 heterocycles. The molecule has 2 heteroatoms. The van der Waals surface area contributed by atoms with Gasteiger partial charge in [-0.3, -0.25) is 0 Å². The largest absolute Gasteiger partial charge is 0.313 e. The predicted octanol–water partition coefficient (Wildman–Crippen LogP) is 3.97. The molecule has 1 nitrogen and oxygen atoms in total. The van der Waals surface area contributed by atoms with Crippen LogP contribution in [0.1, 0.15) is 49.8 Å². The summed E-state index contributed by atoms with van der Waals surface area (Å²) in [6.45, 7) is 4.02. The number of unbranched alkanes of at least 4 members (excludes halogenated alkanes) is 2. The molecule has 16 heavy (non-hydrogen) atoms. The summed E-state index contributed by atoms with van der Waals surface area (Å²) < 4.78 is 13.2. The van der Waals surface area contributed by atoms with E-state index in [1.807, 2.05) is 26.1 Å². The molecule has 0 amide bonds. The highest BCUT2D eigenvalue weighted by Crippen LogP contribution is 2.21. The van der Waals surface area contributed by atoms with E-state index < -0.39 is 0 Å². The summed E-state index contributed by atoms with van der Waals surface area (Å²) in [6.07, 6.45) is 4.84. The van der Waals surface area contributed by atoms with Gasteiger partial charge in [-0.2, -0.15) is 0 Å². The summed E-state index contributed by atoms with van der Waals surface area (Å²) in [7, 11) is 1.97. The van der Waals surface area contributed by atoms with Gasteiger partial charge in [0.25, 0.3) is 0 Å². The summed E-state index contributed by atoms with van der Waals surface area (Å²) in [5, 5.41) is 3.30. The van der Waals surface area contributed by atoms with Crippen LogP contribution in [-0.2, 0) is 0 Å². The Hall–Kier alpha value is -0.890. The Morgan fingerprint density at radius 1 is 1.31 bits per heavy atom. The molecular weight excluding hydrogens is 201 g/mol. The summed E-state index contributed by atoms with van der Waals surface area (Å²) in [4.78, 5) is 0. The lowest BCUT2D eigenvalue weighted by atomic mass is 9.99. The molecular formula is C14H22FN. The van der Waals surface area contributed by atoms with Gasteiger partial charge in [-0.1, -0.05) is 38.3 Å². The Labute approximate surface area is 98.1 Å². The van der Waals surface area contributed by atoms with Crippen LogP contribution in [0.4, 0.5) is 4.39 Å². The first-order valence-corrected chi connectivity index (χ1v) is 6.12. The zero-order valence-corrected chi connectivity index (χ0v) is 10.5. The van der Waals surface area contributed by atoms with Gasteiger partial charge in [-0.15, -0.1) is 0 Å². The molecule has 1 unspecified atom stereocenters. The third kappa shape index (κ3) is 3.60. The van der Waals surface area contributed by atoms with Crippen LogP contribution in [0.3, 0.4) is 0 Å². The lowest BCUT2D eigenvalue weighted by Crippen LogP contribution is -2.16. The van der Waals surface area contributed by atoms with Crippen LogP contribution in [-0.4, -0.2) is 7.05 Å². The second-order valence-electron chi connectivity index (χ2n) is 4.35. The minimum atomic E-state index is -0.118. The van der Waals surface area contributed by atoms with E-state index in [0.29, 0.717) is 6.04 Å². The van der Waals surface area contributed by atoms with E-state index in [1.165, 1.54) is 24.8 Å². The molecule has 0 aliphatic carbocycles. The zero-order valence-electron chi connectivity index (χ0n) is 10.5. The molecule has 0 aliphatic heterocycles. The third-order valence-electron chi connectivity index (χ3n) is 3.03. The molecule has 1 atom stereocenters. The molecule has 0 aliphatic rings. The van der Waals surface area contributed by atoms with Crippen molar-refractivity contribution in [2.75, 3.05) is 7.05 Å². The van der Waals surface area contributed by atoms with Gasteiger partial charge < -0.3 is 5.32 Å². The lowest BCUT2D eigenvalue weighted by molar-refractivity contribution is 0.510. The van der Waals surface area contributed by atoms with Crippen molar-refractivity contribution in [3.05, 3.63) is 35.1 Å². The Morgan fingerprint density at radius 2 is 2.06 bits per heavy atom. The number of rotatable bonds is 6. The second kappa shape index (κ2) is 6.64. The molecule has 0 bridgehead atoms. The Balaban J connectivity index is 2.67. The minimum absolute atomic E-state index is 0.118. The van der Waals surface area contributed by atoms with Crippen molar-refractivity contribution in [2.45, 2.75) is 45.6 Å². The van der Waals surface area contributed by atoms with Crippen molar-refractivity contribution in [3.8, 4) is 0 Å². The van der Waals surface area contributed by atoms with E-state index in [0.717, 1.165) is 12.0 Å². The summed E-state index contributed by atoms with van der Waals surface area (Å²) in [5.41, 5.74) is 1.92. The van der Waals surface area contributed by atoms with Crippen LogP contribution in [0.25, 0.3) is 0 Å². The van der Waals surface area contributed by atoms with E-state index in [9.17, 15) is 4.39 Å². The number of hydrogen-bond acceptors (Lipinski definition) is 1. The third-order valence-corrected chi connectivity index (χ3v) is 3.03. The highest BCUT2D eigenvalue weighted by atomic mass is 19.1. The average molecular weight is 223 g/mol. The molecule has 0 spiro atoms. The fourth-order valence-corrected chi connectivity index (χ4v) is 1.96. The molecule has 90 valence electrons. The highest BCUT2D eigenvalue weighted by molar-refractivity contribution is 5.26. The van der Waals surface area contributed by atoms with Crippen LogP contribution in [0.5, 0.6) is 0 Å². The molecule has 1 N–H and O–H groups in total. The first kappa shape index (κ1) is 13.2. The van der Waals surface area contributed by atoms with Gasteiger partial charge in [-0.05, 0) is 37.6 Å². The monoisotopic (exact) mass is 223 g/mol. The van der Waals surface area contributed by atoms with E-state index in [-0.39, 0.29) is 5.82 Å². The lowest BCUT2D eigenvalue weighted by Gasteiger charge is -2.17. The van der Waals surface area contributed by atoms with Crippen LogP contribution in [0.2, 0.25) is 0 Å². The van der Waals surface area contributed by atoms with E-state index in [1.54, 1.807) is 6.07 Å². The van der Waals surface area contributed by atoms with Gasteiger partial charge in [0.05, 0.1) is 0 Å². The SMILES string of the molecule is CCCCCC(NC)c1ccc(F)c(C)c1. The molecule has 0 aromatic heterocycles. The Bertz CT molecular complexity index is 323. The fraction of sp³-hybridized carbons (Fsp3) is 0.571. The van der Waals surface area contributed by atoms with Crippen molar-refractivity contribution in [1.82, 2.24) is 5.32 Å². The van der Waals surface area contributed by atoms with Crippen LogP contribution >= 0.6 is 0 Å². The highest BCUT2D eigenvalue weighted by Gasteiger charge is 2.09. The summed E-state index contributed by atoms with van der Waals surface area (Å²) in [6, 6.07) is 5.75. The second-order valence-corrected chi connectivity index (χ2v) is 4.35. The molecule has 0 radical (unpaired) electrons. The Kier molecular flexibility index (Phi) is 5.47. The maximum absolute atomic E-state index is 13.2.